The highest BCUT2D eigenvalue weighted by Crippen LogP contribution is 2.16. The molecule has 1 fully saturated rings. The van der Waals surface area contributed by atoms with Gasteiger partial charge in [0, 0.05) is 5.39 Å². The van der Waals surface area contributed by atoms with Gasteiger partial charge >= 0.3 is 0 Å². The second-order valence-electron chi connectivity index (χ2n) is 6.15. The first-order valence-corrected chi connectivity index (χ1v) is 8.31. The van der Waals surface area contributed by atoms with Gasteiger partial charge in [-0.1, -0.05) is 24.6 Å². The molecule has 24 heavy (non-hydrogen) atoms. The van der Waals surface area contributed by atoms with Crippen molar-refractivity contribution in [2.75, 3.05) is 19.6 Å². The maximum absolute atomic E-state index is 12.3. The van der Waals surface area contributed by atoms with Crippen molar-refractivity contribution in [3.8, 4) is 0 Å². The average Bonchev–Trinajstić information content (AvgIpc) is 2.60. The first kappa shape index (κ1) is 16.4. The Morgan fingerprint density at radius 3 is 2.67 bits per heavy atom. The normalized spacial score (nSPS) is 15.2. The van der Waals surface area contributed by atoms with Gasteiger partial charge in [0.15, 0.2) is 0 Å². The van der Waals surface area contributed by atoms with Gasteiger partial charge in [-0.15, -0.1) is 0 Å². The van der Waals surface area contributed by atoms with Crippen LogP contribution in [0.2, 0.25) is 0 Å². The maximum Gasteiger partial charge on any atom is 0.271 e. The summed E-state index contributed by atoms with van der Waals surface area (Å²) in [5, 5.41) is 0.896. The predicted molar refractivity (Wildman–Crippen MR) is 92.4 cm³/mol. The molecule has 0 unspecified atom stereocenters. The van der Waals surface area contributed by atoms with Crippen molar-refractivity contribution in [1.29, 1.82) is 0 Å². The zero-order chi connectivity index (χ0) is 16.9. The predicted octanol–water partition coefficient (Wildman–Crippen LogP) is 1.79. The molecule has 126 valence electrons. The minimum atomic E-state index is -0.349. The number of rotatable bonds is 3. The number of aryl methyl sites for hydroxylation is 1. The van der Waals surface area contributed by atoms with Gasteiger partial charge in [-0.3, -0.25) is 30.3 Å². The quantitative estimate of drug-likeness (QED) is 0.844. The van der Waals surface area contributed by atoms with E-state index in [-0.39, 0.29) is 11.8 Å². The third-order valence-electron chi connectivity index (χ3n) is 4.29. The van der Waals surface area contributed by atoms with E-state index in [1.807, 2.05) is 24.3 Å². The van der Waals surface area contributed by atoms with Crippen molar-refractivity contribution in [2.45, 2.75) is 26.2 Å². The number of likely N-dealkylation sites (tertiary alicyclic amines) is 1. The molecule has 6 heteroatoms. The number of benzene rings is 1. The fourth-order valence-electron chi connectivity index (χ4n) is 3.00. The molecule has 0 atom stereocenters. The van der Waals surface area contributed by atoms with Gasteiger partial charge in [-0.05, 0) is 45.0 Å². The minimum Gasteiger partial charge on any atom is -0.294 e. The van der Waals surface area contributed by atoms with E-state index >= 15 is 0 Å². The topological polar surface area (TPSA) is 74.3 Å². The first-order chi connectivity index (χ1) is 11.6. The number of piperidine rings is 1. The summed E-state index contributed by atoms with van der Waals surface area (Å²) in [6, 6.07) is 9.43. The zero-order valence-electron chi connectivity index (χ0n) is 13.8. The Kier molecular flexibility index (Phi) is 5.05. The summed E-state index contributed by atoms with van der Waals surface area (Å²) in [6.07, 6.45) is 3.48. The van der Waals surface area contributed by atoms with Crippen LogP contribution in [0.25, 0.3) is 10.9 Å². The molecular formula is C18H22N4O2. The van der Waals surface area contributed by atoms with Crippen molar-refractivity contribution in [3.05, 3.63) is 41.6 Å². The van der Waals surface area contributed by atoms with Crippen molar-refractivity contribution in [2.24, 2.45) is 0 Å². The van der Waals surface area contributed by atoms with Crippen LogP contribution in [0.15, 0.2) is 30.3 Å². The number of pyridine rings is 1. The third kappa shape index (κ3) is 3.89. The number of aromatic nitrogens is 1. The second kappa shape index (κ2) is 7.40. The Balaban J connectivity index is 1.60. The molecule has 2 amide bonds. The molecule has 1 aliphatic heterocycles. The van der Waals surface area contributed by atoms with E-state index < -0.39 is 0 Å². The molecule has 2 aromatic rings. The lowest BCUT2D eigenvalue weighted by Crippen LogP contribution is -2.47. The number of amides is 2. The number of hydrogen-bond acceptors (Lipinski definition) is 4. The van der Waals surface area contributed by atoms with Gasteiger partial charge in [-0.2, -0.15) is 0 Å². The number of hydrazine groups is 1. The Morgan fingerprint density at radius 1 is 1.12 bits per heavy atom. The van der Waals surface area contributed by atoms with Crippen LogP contribution in [0.4, 0.5) is 0 Å². The van der Waals surface area contributed by atoms with Crippen LogP contribution in [0.1, 0.15) is 35.3 Å². The molecule has 0 radical (unpaired) electrons. The van der Waals surface area contributed by atoms with Crippen LogP contribution in [-0.2, 0) is 4.79 Å². The van der Waals surface area contributed by atoms with Crippen LogP contribution in [0, 0.1) is 6.92 Å². The summed E-state index contributed by atoms with van der Waals surface area (Å²) in [4.78, 5) is 30.8. The third-order valence-corrected chi connectivity index (χ3v) is 4.29. The van der Waals surface area contributed by atoms with Crippen molar-refractivity contribution in [3.63, 3.8) is 0 Å². The van der Waals surface area contributed by atoms with Gasteiger partial charge in [-0.25, -0.2) is 0 Å². The van der Waals surface area contributed by atoms with Crippen molar-refractivity contribution >= 4 is 22.7 Å². The Morgan fingerprint density at radius 2 is 1.88 bits per heavy atom. The van der Waals surface area contributed by atoms with Crippen LogP contribution in [-0.4, -0.2) is 41.3 Å². The fraction of sp³-hybridized carbons (Fsp3) is 0.389. The van der Waals surface area contributed by atoms with E-state index in [4.69, 9.17) is 0 Å². The summed E-state index contributed by atoms with van der Waals surface area (Å²) in [5.74, 6) is -0.547. The lowest BCUT2D eigenvalue weighted by molar-refractivity contribution is -0.123. The van der Waals surface area contributed by atoms with E-state index in [1.54, 1.807) is 13.0 Å². The number of hydrogen-bond donors (Lipinski definition) is 2. The lowest BCUT2D eigenvalue weighted by Gasteiger charge is -2.25. The second-order valence-corrected chi connectivity index (χ2v) is 6.15. The molecular weight excluding hydrogens is 304 g/mol. The number of nitrogens with one attached hydrogen (secondary N) is 2. The SMILES string of the molecule is Cc1nc2ccccc2cc1C(=O)NNC(=O)CN1CCCCC1. The van der Waals surface area contributed by atoms with E-state index in [0.29, 0.717) is 17.8 Å². The molecule has 6 nitrogen and oxygen atoms in total. The number of carbonyl (C=O) groups is 2. The minimum absolute atomic E-state index is 0.198. The van der Waals surface area contributed by atoms with E-state index in [0.717, 1.165) is 36.8 Å². The average molecular weight is 326 g/mol. The van der Waals surface area contributed by atoms with Crippen LogP contribution >= 0.6 is 0 Å². The monoisotopic (exact) mass is 326 g/mol. The summed E-state index contributed by atoms with van der Waals surface area (Å²) >= 11 is 0. The van der Waals surface area contributed by atoms with Crippen molar-refractivity contribution < 1.29 is 9.59 Å². The Labute approximate surface area is 141 Å². The van der Waals surface area contributed by atoms with E-state index in [9.17, 15) is 9.59 Å². The molecule has 0 aliphatic carbocycles. The fourth-order valence-corrected chi connectivity index (χ4v) is 3.00. The van der Waals surface area contributed by atoms with Gasteiger partial charge in [0.05, 0.1) is 23.3 Å². The van der Waals surface area contributed by atoms with Gasteiger partial charge in [0.2, 0.25) is 0 Å². The smallest absolute Gasteiger partial charge is 0.271 e. The van der Waals surface area contributed by atoms with E-state index in [2.05, 4.69) is 20.7 Å². The molecule has 1 saturated heterocycles. The zero-order valence-corrected chi connectivity index (χ0v) is 13.8. The number of fused-ring (bicyclic) bond motifs is 1. The van der Waals surface area contributed by atoms with Gasteiger partial charge < -0.3 is 0 Å². The van der Waals surface area contributed by atoms with Crippen molar-refractivity contribution in [1.82, 2.24) is 20.7 Å². The first-order valence-electron chi connectivity index (χ1n) is 8.31. The summed E-state index contributed by atoms with van der Waals surface area (Å²) in [5.41, 5.74) is 6.93. The highest BCUT2D eigenvalue weighted by molar-refractivity contribution is 5.99. The molecule has 2 N–H and O–H groups in total. The number of para-hydroxylation sites is 1. The molecule has 0 saturated carbocycles. The molecule has 0 bridgehead atoms. The molecule has 0 spiro atoms. The van der Waals surface area contributed by atoms with Crippen LogP contribution in [0.3, 0.4) is 0 Å². The Bertz CT molecular complexity index is 754. The highest BCUT2D eigenvalue weighted by atomic mass is 16.2. The Hall–Kier alpha value is -2.47. The maximum atomic E-state index is 12.3. The molecule has 3 rings (SSSR count). The lowest BCUT2D eigenvalue weighted by atomic mass is 10.1. The highest BCUT2D eigenvalue weighted by Gasteiger charge is 2.16. The standard InChI is InChI=1S/C18H22N4O2/c1-13-15(11-14-7-3-4-8-16(14)19-13)18(24)21-20-17(23)12-22-9-5-2-6-10-22/h3-4,7-8,11H,2,5-6,9-10,12H2,1H3,(H,20,23)(H,21,24). The molecule has 2 heterocycles. The largest absolute Gasteiger partial charge is 0.294 e. The summed E-state index contributed by atoms with van der Waals surface area (Å²) in [7, 11) is 0. The van der Waals surface area contributed by atoms with Gasteiger partial charge in [0.1, 0.15) is 0 Å². The molecule has 1 aromatic carbocycles. The molecule has 1 aromatic heterocycles. The van der Waals surface area contributed by atoms with Crippen LogP contribution < -0.4 is 10.9 Å². The number of carbonyl (C=O) groups excluding carboxylic acids is 2. The summed E-state index contributed by atoms with van der Waals surface area (Å²) < 4.78 is 0. The van der Waals surface area contributed by atoms with Crippen LogP contribution in [0.5, 0.6) is 0 Å². The molecule has 1 aliphatic rings. The van der Waals surface area contributed by atoms with E-state index in [1.165, 1.54) is 6.42 Å². The number of nitrogens with zero attached hydrogens (tertiary/aromatic N) is 2. The summed E-state index contributed by atoms with van der Waals surface area (Å²) in [6.45, 7) is 3.98. The van der Waals surface area contributed by atoms with Gasteiger partial charge in [0.25, 0.3) is 11.8 Å².